The van der Waals surface area contributed by atoms with E-state index in [0.717, 1.165) is 48.6 Å². The molecule has 0 fully saturated rings. The van der Waals surface area contributed by atoms with Crippen molar-refractivity contribution in [2.24, 2.45) is 0 Å². The smallest absolute Gasteiger partial charge is 0.116 e. The van der Waals surface area contributed by atoms with Crippen molar-refractivity contribution in [3.8, 4) is 5.75 Å². The Balaban J connectivity index is 0.00000200. The van der Waals surface area contributed by atoms with Crippen LogP contribution in [0.5, 0.6) is 5.75 Å². The first kappa shape index (κ1) is 17.4. The van der Waals surface area contributed by atoms with Gasteiger partial charge in [-0.3, -0.25) is 0 Å². The normalized spacial score (nSPS) is 14.1. The summed E-state index contributed by atoms with van der Waals surface area (Å²) in [6, 6.07) is 8.05. The molecule has 0 saturated heterocycles. The molecule has 0 atom stereocenters. The number of allylic oxidation sites excluding steroid dienone is 2. The third-order valence-corrected chi connectivity index (χ3v) is 2.93. The van der Waals surface area contributed by atoms with Gasteiger partial charge < -0.3 is 14.8 Å². The van der Waals surface area contributed by atoms with Crippen LogP contribution in [0, 0.1) is 6.08 Å². The van der Waals surface area contributed by atoms with Gasteiger partial charge in [-0.15, -0.1) is 24.3 Å². The summed E-state index contributed by atoms with van der Waals surface area (Å²) in [7, 11) is 1.70. The molecule has 1 aliphatic rings. The molecule has 1 N–H and O–H groups in total. The minimum Gasteiger partial charge on any atom is -0.494 e. The maximum atomic E-state index is 5.62. The molecule has 1 aliphatic heterocycles. The molecule has 0 aliphatic carbocycles. The summed E-state index contributed by atoms with van der Waals surface area (Å²) in [4.78, 5) is 0. The molecule has 0 spiro atoms. The summed E-state index contributed by atoms with van der Waals surface area (Å²) in [6.07, 6.45) is 6.12. The molecule has 1 aromatic rings. The van der Waals surface area contributed by atoms with Gasteiger partial charge in [0.15, 0.2) is 0 Å². The maximum Gasteiger partial charge on any atom is 0.116 e. The van der Waals surface area contributed by atoms with Gasteiger partial charge in [0.1, 0.15) is 5.75 Å². The fourth-order valence-electron chi connectivity index (χ4n) is 1.91. The van der Waals surface area contributed by atoms with E-state index < -0.39 is 0 Å². The van der Waals surface area contributed by atoms with Crippen LogP contribution in [0.2, 0.25) is 0 Å². The zero-order chi connectivity index (χ0) is 13.5. The monoisotopic (exact) mass is 347 g/mol. The average Bonchev–Trinajstić information content (AvgIpc) is 2.44. The summed E-state index contributed by atoms with van der Waals surface area (Å²) in [5, 5.41) is 3.27. The van der Waals surface area contributed by atoms with Gasteiger partial charge in [-0.1, -0.05) is 6.58 Å². The van der Waals surface area contributed by atoms with Gasteiger partial charge in [0, 0.05) is 58.5 Å². The van der Waals surface area contributed by atoms with Crippen LogP contribution in [-0.2, 0) is 37.4 Å². The van der Waals surface area contributed by atoms with Gasteiger partial charge in [-0.25, -0.2) is 6.08 Å². The number of hydrogen-bond acceptors (Lipinski definition) is 3. The van der Waals surface area contributed by atoms with E-state index in [0.29, 0.717) is 6.61 Å². The summed E-state index contributed by atoms with van der Waals surface area (Å²) in [5.41, 5.74) is 3.18. The van der Waals surface area contributed by atoms with Crippen LogP contribution in [0.25, 0.3) is 5.70 Å². The molecule has 20 heavy (non-hydrogen) atoms. The minimum absolute atomic E-state index is 0. The molecule has 0 saturated carbocycles. The van der Waals surface area contributed by atoms with E-state index in [-0.39, 0.29) is 32.7 Å². The van der Waals surface area contributed by atoms with E-state index in [1.165, 1.54) is 0 Å². The first-order chi connectivity index (χ1) is 9.29. The Labute approximate surface area is 146 Å². The Morgan fingerprint density at radius 1 is 1.25 bits per heavy atom. The number of methoxy groups -OCH3 is 1. The van der Waals surface area contributed by atoms with E-state index in [9.17, 15) is 0 Å². The Kier molecular flexibility index (Phi) is 8.12. The first-order valence-corrected chi connectivity index (χ1v) is 6.57. The van der Waals surface area contributed by atoms with Crippen LogP contribution < -0.4 is 10.1 Å². The van der Waals surface area contributed by atoms with Gasteiger partial charge in [0.05, 0.1) is 6.61 Å². The summed E-state index contributed by atoms with van der Waals surface area (Å²) in [6.45, 7) is 5.36. The van der Waals surface area contributed by atoms with Gasteiger partial charge in [0.2, 0.25) is 0 Å². The SMILES string of the molecule is C=C1CC[C-]=C(c2ccc(OCCCOC)cc2)N1.[Y]. The van der Waals surface area contributed by atoms with Crippen LogP contribution in [-0.4, -0.2) is 20.3 Å². The molecule has 3 nitrogen and oxygen atoms in total. The number of hydrogen-bond donors (Lipinski definition) is 1. The van der Waals surface area contributed by atoms with Crippen molar-refractivity contribution >= 4 is 5.70 Å². The van der Waals surface area contributed by atoms with E-state index >= 15 is 0 Å². The molecule has 0 amide bonds. The molecule has 4 heteroatoms. The minimum atomic E-state index is 0. The molecule has 0 bridgehead atoms. The van der Waals surface area contributed by atoms with E-state index in [1.54, 1.807) is 7.11 Å². The van der Waals surface area contributed by atoms with Gasteiger partial charge in [0.25, 0.3) is 0 Å². The quantitative estimate of drug-likeness (QED) is 0.634. The van der Waals surface area contributed by atoms with Crippen LogP contribution >= 0.6 is 0 Å². The van der Waals surface area contributed by atoms with Crippen LogP contribution in [0.15, 0.2) is 36.5 Å². The Morgan fingerprint density at radius 2 is 2.00 bits per heavy atom. The number of ether oxygens (including phenoxy) is 2. The van der Waals surface area contributed by atoms with E-state index in [1.807, 2.05) is 24.3 Å². The van der Waals surface area contributed by atoms with Gasteiger partial charge in [-0.2, -0.15) is 5.56 Å². The predicted octanol–water partition coefficient (Wildman–Crippen LogP) is 3.14. The van der Waals surface area contributed by atoms with Crippen LogP contribution in [0.4, 0.5) is 0 Å². The summed E-state index contributed by atoms with van der Waals surface area (Å²) < 4.78 is 10.6. The van der Waals surface area contributed by atoms with E-state index in [2.05, 4.69) is 18.0 Å². The second kappa shape index (κ2) is 9.33. The fourth-order valence-corrected chi connectivity index (χ4v) is 1.91. The summed E-state index contributed by atoms with van der Waals surface area (Å²) >= 11 is 0. The van der Waals surface area contributed by atoms with Crippen molar-refractivity contribution in [2.45, 2.75) is 19.3 Å². The van der Waals surface area contributed by atoms with Crippen molar-refractivity contribution in [3.63, 3.8) is 0 Å². The zero-order valence-electron chi connectivity index (χ0n) is 11.9. The first-order valence-electron chi connectivity index (χ1n) is 6.57. The van der Waals surface area contributed by atoms with Gasteiger partial charge in [-0.05, 0) is 18.6 Å². The standard InChI is InChI=1S/C16H20NO2.Y/c1-13-5-3-6-16(17-13)14-7-9-15(10-8-14)19-12-4-11-18-2;/h7-10,17H,1,3-5,11-12H2,2H3;/q-1;. The number of nitrogens with one attached hydrogen (secondary N) is 1. The molecule has 105 valence electrons. The third kappa shape index (κ3) is 5.39. The van der Waals surface area contributed by atoms with Crippen molar-refractivity contribution in [3.05, 3.63) is 48.2 Å². The zero-order valence-corrected chi connectivity index (χ0v) is 14.8. The molecule has 0 aromatic heterocycles. The van der Waals surface area contributed by atoms with E-state index in [4.69, 9.17) is 9.47 Å². The van der Waals surface area contributed by atoms with Crippen molar-refractivity contribution < 1.29 is 42.2 Å². The summed E-state index contributed by atoms with van der Waals surface area (Å²) in [5.74, 6) is 0.884. The maximum absolute atomic E-state index is 5.62. The molecule has 2 rings (SSSR count). The average molecular weight is 347 g/mol. The second-order valence-corrected chi connectivity index (χ2v) is 4.50. The Hall–Kier alpha value is -0.636. The second-order valence-electron chi connectivity index (χ2n) is 4.50. The largest absolute Gasteiger partial charge is 0.494 e. The molecular weight excluding hydrogens is 327 g/mol. The van der Waals surface area contributed by atoms with Crippen molar-refractivity contribution in [1.82, 2.24) is 5.32 Å². The molecule has 0 unspecified atom stereocenters. The number of benzene rings is 1. The molecular formula is C16H20NO2Y-. The number of rotatable bonds is 6. The third-order valence-electron chi connectivity index (χ3n) is 2.93. The Morgan fingerprint density at radius 3 is 2.65 bits per heavy atom. The Bertz CT molecular complexity index is 454. The topological polar surface area (TPSA) is 30.5 Å². The van der Waals surface area contributed by atoms with Crippen LogP contribution in [0.1, 0.15) is 24.8 Å². The molecule has 1 aromatic carbocycles. The molecule has 1 heterocycles. The van der Waals surface area contributed by atoms with Crippen molar-refractivity contribution in [2.75, 3.05) is 20.3 Å². The fraction of sp³-hybridized carbons (Fsp3) is 0.375. The molecule has 1 radical (unpaired) electrons. The van der Waals surface area contributed by atoms with Gasteiger partial charge >= 0.3 is 0 Å². The van der Waals surface area contributed by atoms with Crippen LogP contribution in [0.3, 0.4) is 0 Å². The van der Waals surface area contributed by atoms with Crippen molar-refractivity contribution in [1.29, 1.82) is 0 Å². The predicted molar refractivity (Wildman–Crippen MR) is 76.6 cm³/mol.